The molecule has 0 bridgehead atoms. The first-order valence-electron chi connectivity index (χ1n) is 5.69. The number of nitriles is 1. The monoisotopic (exact) mass is 216 g/mol. The Morgan fingerprint density at radius 1 is 1.56 bits per heavy atom. The minimum atomic E-state index is 0.376. The Morgan fingerprint density at radius 3 is 2.94 bits per heavy atom. The third-order valence-electron chi connectivity index (χ3n) is 2.73. The molecule has 16 heavy (non-hydrogen) atoms. The highest BCUT2D eigenvalue weighted by Gasteiger charge is 2.23. The molecule has 0 aliphatic heterocycles. The number of aromatic nitrogens is 2. The lowest BCUT2D eigenvalue weighted by atomic mass is 10.2. The van der Waals surface area contributed by atoms with Crippen molar-refractivity contribution >= 4 is 5.95 Å². The maximum atomic E-state index is 8.81. The lowest BCUT2D eigenvalue weighted by Gasteiger charge is -2.13. The highest BCUT2D eigenvalue weighted by molar-refractivity contribution is 5.33. The van der Waals surface area contributed by atoms with Gasteiger partial charge >= 0.3 is 0 Å². The summed E-state index contributed by atoms with van der Waals surface area (Å²) in [5.41, 5.74) is 1.25. The summed E-state index contributed by atoms with van der Waals surface area (Å²) >= 11 is 0. The first-order valence-corrected chi connectivity index (χ1v) is 5.69. The van der Waals surface area contributed by atoms with Gasteiger partial charge in [-0.15, -0.1) is 0 Å². The van der Waals surface area contributed by atoms with Gasteiger partial charge in [0.25, 0.3) is 0 Å². The zero-order valence-corrected chi connectivity index (χ0v) is 9.70. The predicted molar refractivity (Wildman–Crippen MR) is 61.9 cm³/mol. The quantitative estimate of drug-likeness (QED) is 0.838. The van der Waals surface area contributed by atoms with E-state index < -0.39 is 0 Å². The summed E-state index contributed by atoms with van der Waals surface area (Å²) in [4.78, 5) is 8.41. The number of rotatable bonds is 4. The standard InChI is InChI=1S/C12H16N4/c1-8(5-10-3-4-10)14-12-15-9(2)6-11(7-13)16-12/h6,8,10H,3-5H2,1-2H3,(H,14,15,16). The smallest absolute Gasteiger partial charge is 0.224 e. The van der Waals surface area contributed by atoms with E-state index >= 15 is 0 Å². The van der Waals surface area contributed by atoms with Crippen LogP contribution in [0.25, 0.3) is 0 Å². The highest BCUT2D eigenvalue weighted by Crippen LogP contribution is 2.33. The molecule has 1 unspecified atom stereocenters. The van der Waals surface area contributed by atoms with Gasteiger partial charge < -0.3 is 5.32 Å². The van der Waals surface area contributed by atoms with Crippen LogP contribution in [-0.2, 0) is 0 Å². The number of nitrogens with one attached hydrogen (secondary N) is 1. The Kier molecular flexibility index (Phi) is 3.04. The number of hydrogen-bond donors (Lipinski definition) is 1. The van der Waals surface area contributed by atoms with Crippen LogP contribution in [0.15, 0.2) is 6.07 Å². The van der Waals surface area contributed by atoms with E-state index in [1.54, 1.807) is 6.07 Å². The van der Waals surface area contributed by atoms with Crippen LogP contribution >= 0.6 is 0 Å². The summed E-state index contributed by atoms with van der Waals surface area (Å²) in [7, 11) is 0. The van der Waals surface area contributed by atoms with Crippen molar-refractivity contribution in [3.8, 4) is 6.07 Å². The van der Waals surface area contributed by atoms with Crippen LogP contribution in [0.1, 0.15) is 37.6 Å². The predicted octanol–water partition coefficient (Wildman–Crippen LogP) is 2.26. The van der Waals surface area contributed by atoms with Gasteiger partial charge in [0.2, 0.25) is 5.95 Å². The van der Waals surface area contributed by atoms with Crippen molar-refractivity contribution in [3.63, 3.8) is 0 Å². The minimum Gasteiger partial charge on any atom is -0.352 e. The summed E-state index contributed by atoms with van der Waals surface area (Å²) in [5.74, 6) is 1.45. The summed E-state index contributed by atoms with van der Waals surface area (Å²) in [5, 5.41) is 12.1. The van der Waals surface area contributed by atoms with Gasteiger partial charge in [-0.1, -0.05) is 12.8 Å². The van der Waals surface area contributed by atoms with Crippen molar-refractivity contribution in [2.45, 2.75) is 39.2 Å². The topological polar surface area (TPSA) is 61.6 Å². The van der Waals surface area contributed by atoms with Gasteiger partial charge in [0, 0.05) is 11.7 Å². The molecule has 1 N–H and O–H groups in total. The summed E-state index contributed by atoms with van der Waals surface area (Å²) < 4.78 is 0. The molecule has 4 nitrogen and oxygen atoms in total. The minimum absolute atomic E-state index is 0.376. The van der Waals surface area contributed by atoms with Crippen molar-refractivity contribution in [2.24, 2.45) is 5.92 Å². The van der Waals surface area contributed by atoms with Crippen molar-refractivity contribution in [1.29, 1.82) is 5.26 Å². The van der Waals surface area contributed by atoms with Crippen LogP contribution in [0.3, 0.4) is 0 Å². The van der Waals surface area contributed by atoms with Gasteiger partial charge in [-0.3, -0.25) is 0 Å². The molecule has 1 aliphatic rings. The summed E-state index contributed by atoms with van der Waals surface area (Å²) in [6.45, 7) is 4.01. The van der Waals surface area contributed by atoms with Gasteiger partial charge in [0.1, 0.15) is 11.8 Å². The van der Waals surface area contributed by atoms with Crippen LogP contribution in [-0.4, -0.2) is 16.0 Å². The van der Waals surface area contributed by atoms with Crippen molar-refractivity contribution in [2.75, 3.05) is 5.32 Å². The molecule has 0 amide bonds. The van der Waals surface area contributed by atoms with Gasteiger partial charge in [0.05, 0.1) is 0 Å². The van der Waals surface area contributed by atoms with Gasteiger partial charge in [-0.25, -0.2) is 9.97 Å². The largest absolute Gasteiger partial charge is 0.352 e. The van der Waals surface area contributed by atoms with Crippen LogP contribution in [0, 0.1) is 24.2 Å². The molecule has 1 fully saturated rings. The first-order chi connectivity index (χ1) is 7.67. The van der Waals surface area contributed by atoms with Crippen LogP contribution in [0.2, 0.25) is 0 Å². The van der Waals surface area contributed by atoms with E-state index in [2.05, 4.69) is 22.2 Å². The van der Waals surface area contributed by atoms with E-state index in [0.29, 0.717) is 17.7 Å². The molecule has 0 saturated heterocycles. The van der Waals surface area contributed by atoms with Crippen molar-refractivity contribution in [3.05, 3.63) is 17.5 Å². The maximum absolute atomic E-state index is 8.81. The average molecular weight is 216 g/mol. The molecular weight excluding hydrogens is 200 g/mol. The second-order valence-corrected chi connectivity index (χ2v) is 4.55. The first kappa shape index (κ1) is 10.9. The van der Waals surface area contributed by atoms with Crippen LogP contribution < -0.4 is 5.32 Å². The normalized spacial score (nSPS) is 16.6. The van der Waals surface area contributed by atoms with E-state index in [0.717, 1.165) is 11.6 Å². The fourth-order valence-electron chi connectivity index (χ4n) is 1.82. The molecule has 4 heteroatoms. The van der Waals surface area contributed by atoms with E-state index in [1.165, 1.54) is 19.3 Å². The van der Waals surface area contributed by atoms with Gasteiger partial charge in [-0.05, 0) is 32.3 Å². The number of hydrogen-bond acceptors (Lipinski definition) is 4. The lowest BCUT2D eigenvalue weighted by molar-refractivity contribution is 0.637. The molecule has 0 spiro atoms. The maximum Gasteiger partial charge on any atom is 0.224 e. The fourth-order valence-corrected chi connectivity index (χ4v) is 1.82. The fraction of sp³-hybridized carbons (Fsp3) is 0.583. The second-order valence-electron chi connectivity index (χ2n) is 4.55. The molecule has 1 heterocycles. The van der Waals surface area contributed by atoms with E-state index in [-0.39, 0.29) is 0 Å². The average Bonchev–Trinajstić information content (AvgIpc) is 3.00. The molecular formula is C12H16N4. The Hall–Kier alpha value is -1.63. The molecule has 0 aromatic carbocycles. The van der Waals surface area contributed by atoms with E-state index in [4.69, 9.17) is 5.26 Å². The number of aryl methyl sites for hydroxylation is 1. The van der Waals surface area contributed by atoms with Gasteiger partial charge in [-0.2, -0.15) is 5.26 Å². The zero-order valence-electron chi connectivity index (χ0n) is 9.70. The highest BCUT2D eigenvalue weighted by atomic mass is 15.1. The molecule has 1 saturated carbocycles. The Labute approximate surface area is 95.7 Å². The Balaban J connectivity index is 2.02. The van der Waals surface area contributed by atoms with E-state index in [1.807, 2.05) is 13.0 Å². The van der Waals surface area contributed by atoms with Crippen molar-refractivity contribution < 1.29 is 0 Å². The third kappa shape index (κ3) is 2.93. The van der Waals surface area contributed by atoms with Crippen LogP contribution in [0.4, 0.5) is 5.95 Å². The summed E-state index contributed by atoms with van der Waals surface area (Å²) in [6.07, 6.45) is 3.87. The molecule has 0 radical (unpaired) electrons. The van der Waals surface area contributed by atoms with E-state index in [9.17, 15) is 0 Å². The van der Waals surface area contributed by atoms with Gasteiger partial charge in [0.15, 0.2) is 0 Å². The number of nitrogens with zero attached hydrogens (tertiary/aromatic N) is 3. The molecule has 84 valence electrons. The second kappa shape index (κ2) is 4.48. The Morgan fingerprint density at radius 2 is 2.31 bits per heavy atom. The third-order valence-corrected chi connectivity index (χ3v) is 2.73. The molecule has 1 aromatic heterocycles. The SMILES string of the molecule is Cc1cc(C#N)nc(NC(C)CC2CC2)n1. The van der Waals surface area contributed by atoms with Crippen LogP contribution in [0.5, 0.6) is 0 Å². The molecule has 1 atom stereocenters. The zero-order chi connectivity index (χ0) is 11.5. The molecule has 1 aromatic rings. The number of anilines is 1. The summed E-state index contributed by atoms with van der Waals surface area (Å²) in [6, 6.07) is 4.11. The lowest BCUT2D eigenvalue weighted by Crippen LogP contribution is -2.18. The molecule has 2 rings (SSSR count). The molecule has 1 aliphatic carbocycles. The Bertz CT molecular complexity index is 418. The van der Waals surface area contributed by atoms with Crippen molar-refractivity contribution in [1.82, 2.24) is 9.97 Å².